The van der Waals surface area contributed by atoms with E-state index in [1.807, 2.05) is 6.07 Å². The topological polar surface area (TPSA) is 75.3 Å². The molecule has 5 nitrogen and oxygen atoms in total. The third-order valence-electron chi connectivity index (χ3n) is 2.45. The fourth-order valence-electron chi connectivity index (χ4n) is 1.60. The lowest BCUT2D eigenvalue weighted by molar-refractivity contribution is 0.288. The van der Waals surface area contributed by atoms with Crippen LogP contribution in [-0.2, 0) is 6.54 Å². The van der Waals surface area contributed by atoms with Gasteiger partial charge in [0, 0.05) is 31.3 Å². The minimum absolute atomic E-state index is 0.182. The molecule has 0 aliphatic heterocycles. The highest BCUT2D eigenvalue weighted by molar-refractivity contribution is 5.46. The monoisotopic (exact) mass is 224 g/mol. The van der Waals surface area contributed by atoms with E-state index in [1.54, 1.807) is 6.20 Å². The van der Waals surface area contributed by atoms with Crippen LogP contribution in [-0.4, -0.2) is 34.5 Å². The van der Waals surface area contributed by atoms with Gasteiger partial charge in [-0.1, -0.05) is 0 Å². The zero-order chi connectivity index (χ0) is 12.0. The molecule has 0 aliphatic rings. The van der Waals surface area contributed by atoms with Gasteiger partial charge in [0.1, 0.15) is 0 Å². The zero-order valence-corrected chi connectivity index (χ0v) is 9.93. The summed E-state index contributed by atoms with van der Waals surface area (Å²) in [6, 6.07) is 2.20. The van der Waals surface area contributed by atoms with Gasteiger partial charge in [-0.2, -0.15) is 5.10 Å². The van der Waals surface area contributed by atoms with Crippen molar-refractivity contribution in [2.24, 2.45) is 5.73 Å². The van der Waals surface area contributed by atoms with Crippen LogP contribution in [0.25, 0.3) is 0 Å². The Balaban J connectivity index is 2.91. The second-order valence-electron chi connectivity index (χ2n) is 3.95. The first-order chi connectivity index (χ1) is 7.70. The standard InChI is InChI=1S/C11H20N4O/c1-9(2)15(6-3-7-16)11-10(8-12)4-5-13-14-11/h4-5,9,16H,3,6-8,12H2,1-2H3. The maximum absolute atomic E-state index is 8.88. The number of hydrogen-bond acceptors (Lipinski definition) is 5. The first kappa shape index (κ1) is 12.9. The summed E-state index contributed by atoms with van der Waals surface area (Å²) >= 11 is 0. The van der Waals surface area contributed by atoms with Gasteiger partial charge in [0.15, 0.2) is 5.82 Å². The summed E-state index contributed by atoms with van der Waals surface area (Å²) in [6.07, 6.45) is 2.37. The summed E-state index contributed by atoms with van der Waals surface area (Å²) in [4.78, 5) is 2.12. The van der Waals surface area contributed by atoms with E-state index in [-0.39, 0.29) is 6.61 Å². The lowest BCUT2D eigenvalue weighted by Gasteiger charge is -2.28. The van der Waals surface area contributed by atoms with Crippen LogP contribution in [0.2, 0.25) is 0 Å². The number of aliphatic hydroxyl groups is 1. The number of anilines is 1. The number of aliphatic hydroxyl groups excluding tert-OH is 1. The van der Waals surface area contributed by atoms with Crippen molar-refractivity contribution in [2.75, 3.05) is 18.1 Å². The van der Waals surface area contributed by atoms with E-state index >= 15 is 0 Å². The van der Waals surface area contributed by atoms with Crippen LogP contribution in [0.15, 0.2) is 12.3 Å². The van der Waals surface area contributed by atoms with Crippen LogP contribution in [0, 0.1) is 0 Å². The Morgan fingerprint density at radius 3 is 2.81 bits per heavy atom. The molecule has 0 amide bonds. The molecule has 0 fully saturated rings. The minimum Gasteiger partial charge on any atom is -0.396 e. The summed E-state index contributed by atoms with van der Waals surface area (Å²) in [5, 5.41) is 16.9. The highest BCUT2D eigenvalue weighted by atomic mass is 16.3. The second-order valence-corrected chi connectivity index (χ2v) is 3.95. The van der Waals surface area contributed by atoms with Gasteiger partial charge < -0.3 is 15.7 Å². The molecule has 1 rings (SSSR count). The Bertz CT molecular complexity index is 317. The van der Waals surface area contributed by atoms with Crippen LogP contribution in [0.3, 0.4) is 0 Å². The van der Waals surface area contributed by atoms with Gasteiger partial charge in [0.05, 0.1) is 6.20 Å². The van der Waals surface area contributed by atoms with Crippen LogP contribution >= 0.6 is 0 Å². The highest BCUT2D eigenvalue weighted by Gasteiger charge is 2.15. The SMILES string of the molecule is CC(C)N(CCCO)c1nnccc1CN. The van der Waals surface area contributed by atoms with Crippen molar-refractivity contribution in [3.63, 3.8) is 0 Å². The number of hydrogen-bond donors (Lipinski definition) is 2. The average molecular weight is 224 g/mol. The molecule has 16 heavy (non-hydrogen) atoms. The molecule has 0 saturated heterocycles. The molecule has 0 aliphatic carbocycles. The van der Waals surface area contributed by atoms with E-state index in [9.17, 15) is 0 Å². The third kappa shape index (κ3) is 3.15. The number of nitrogens with two attached hydrogens (primary N) is 1. The molecular formula is C11H20N4O. The summed E-state index contributed by atoms with van der Waals surface area (Å²) in [5.74, 6) is 0.827. The zero-order valence-electron chi connectivity index (χ0n) is 9.93. The highest BCUT2D eigenvalue weighted by Crippen LogP contribution is 2.18. The molecule has 90 valence electrons. The van der Waals surface area contributed by atoms with Crippen molar-refractivity contribution in [3.05, 3.63) is 17.8 Å². The summed E-state index contributed by atoms with van der Waals surface area (Å²) in [6.45, 7) is 5.58. The maximum atomic E-state index is 8.88. The molecule has 0 spiro atoms. The Morgan fingerprint density at radius 1 is 1.50 bits per heavy atom. The summed E-state index contributed by atoms with van der Waals surface area (Å²) in [7, 11) is 0. The van der Waals surface area contributed by atoms with E-state index < -0.39 is 0 Å². The van der Waals surface area contributed by atoms with Gasteiger partial charge in [-0.3, -0.25) is 0 Å². The molecule has 0 saturated carbocycles. The fourth-order valence-corrected chi connectivity index (χ4v) is 1.60. The number of rotatable bonds is 6. The molecule has 1 aromatic heterocycles. The van der Waals surface area contributed by atoms with Gasteiger partial charge in [0.25, 0.3) is 0 Å². The van der Waals surface area contributed by atoms with Gasteiger partial charge >= 0.3 is 0 Å². The first-order valence-corrected chi connectivity index (χ1v) is 5.58. The van der Waals surface area contributed by atoms with Crippen LogP contribution in [0.1, 0.15) is 25.8 Å². The number of nitrogens with zero attached hydrogens (tertiary/aromatic N) is 3. The molecular weight excluding hydrogens is 204 g/mol. The van der Waals surface area contributed by atoms with Crippen molar-refractivity contribution in [1.29, 1.82) is 0 Å². The van der Waals surface area contributed by atoms with E-state index in [4.69, 9.17) is 10.8 Å². The van der Waals surface area contributed by atoms with Gasteiger partial charge in [-0.15, -0.1) is 5.10 Å². The molecule has 0 unspecified atom stereocenters. The lowest BCUT2D eigenvalue weighted by atomic mass is 10.2. The van der Waals surface area contributed by atoms with Crippen molar-refractivity contribution in [1.82, 2.24) is 10.2 Å². The Hall–Kier alpha value is -1.20. The summed E-state index contributed by atoms with van der Waals surface area (Å²) < 4.78 is 0. The molecule has 1 aromatic rings. The van der Waals surface area contributed by atoms with Crippen molar-refractivity contribution in [3.8, 4) is 0 Å². The van der Waals surface area contributed by atoms with Gasteiger partial charge in [-0.25, -0.2) is 0 Å². The van der Waals surface area contributed by atoms with Gasteiger partial charge in [-0.05, 0) is 26.3 Å². The van der Waals surface area contributed by atoms with Crippen molar-refractivity contribution < 1.29 is 5.11 Å². The maximum Gasteiger partial charge on any atom is 0.155 e. The van der Waals surface area contributed by atoms with E-state index in [0.29, 0.717) is 12.6 Å². The molecule has 0 radical (unpaired) electrons. The molecule has 5 heteroatoms. The Morgan fingerprint density at radius 2 is 2.25 bits per heavy atom. The molecule has 0 atom stereocenters. The fraction of sp³-hybridized carbons (Fsp3) is 0.636. The van der Waals surface area contributed by atoms with E-state index in [1.165, 1.54) is 0 Å². The van der Waals surface area contributed by atoms with Crippen molar-refractivity contribution in [2.45, 2.75) is 32.9 Å². The van der Waals surface area contributed by atoms with Crippen LogP contribution in [0.5, 0.6) is 0 Å². The first-order valence-electron chi connectivity index (χ1n) is 5.58. The second kappa shape index (κ2) is 6.40. The van der Waals surface area contributed by atoms with E-state index in [2.05, 4.69) is 28.9 Å². The number of aromatic nitrogens is 2. The lowest BCUT2D eigenvalue weighted by Crippen LogP contribution is -2.34. The quantitative estimate of drug-likeness (QED) is 0.737. The molecule has 1 heterocycles. The third-order valence-corrected chi connectivity index (χ3v) is 2.45. The molecule has 0 aromatic carbocycles. The molecule has 0 bridgehead atoms. The van der Waals surface area contributed by atoms with E-state index in [0.717, 1.165) is 24.3 Å². The predicted molar refractivity (Wildman–Crippen MR) is 64.1 cm³/mol. The minimum atomic E-state index is 0.182. The largest absolute Gasteiger partial charge is 0.396 e. The summed E-state index contributed by atoms with van der Waals surface area (Å²) in [5.41, 5.74) is 6.66. The van der Waals surface area contributed by atoms with Crippen LogP contribution in [0.4, 0.5) is 5.82 Å². The average Bonchev–Trinajstić information content (AvgIpc) is 2.29. The Kier molecular flexibility index (Phi) is 5.14. The van der Waals surface area contributed by atoms with Crippen molar-refractivity contribution >= 4 is 5.82 Å². The normalized spacial score (nSPS) is 10.8. The van der Waals surface area contributed by atoms with Crippen LogP contribution < -0.4 is 10.6 Å². The Labute approximate surface area is 96.3 Å². The smallest absolute Gasteiger partial charge is 0.155 e. The predicted octanol–water partition coefficient (Wildman–Crippen LogP) is 0.533. The van der Waals surface area contributed by atoms with Gasteiger partial charge in [0.2, 0.25) is 0 Å². The molecule has 3 N–H and O–H groups in total.